The van der Waals surface area contributed by atoms with Crippen LogP contribution < -0.4 is 11.3 Å². The highest BCUT2D eigenvalue weighted by atomic mass is 16.5. The van der Waals surface area contributed by atoms with Crippen molar-refractivity contribution in [3.8, 4) is 0 Å². The van der Waals surface area contributed by atoms with Crippen LogP contribution in [0.2, 0.25) is 0 Å². The van der Waals surface area contributed by atoms with Gasteiger partial charge in [0.2, 0.25) is 0 Å². The number of ether oxygens (including phenoxy) is 1. The average molecular weight is 259 g/mol. The second-order valence-corrected chi connectivity index (χ2v) is 5.04. The van der Waals surface area contributed by atoms with Crippen LogP contribution in [0.3, 0.4) is 0 Å². The van der Waals surface area contributed by atoms with E-state index < -0.39 is 0 Å². The summed E-state index contributed by atoms with van der Waals surface area (Å²) in [4.78, 5) is 14.1. The summed E-state index contributed by atoms with van der Waals surface area (Å²) in [5.41, 5.74) is 2.25. The summed E-state index contributed by atoms with van der Waals surface area (Å²) in [6, 6.07) is 0.0668. The number of rotatable bonds is 9. The minimum atomic E-state index is -0.313. The zero-order chi connectivity index (χ0) is 14.1. The Bertz CT molecular complexity index is 230. The molecule has 5 nitrogen and oxygen atoms in total. The first-order chi connectivity index (χ1) is 8.51. The summed E-state index contributed by atoms with van der Waals surface area (Å²) in [7, 11) is 1.61. The van der Waals surface area contributed by atoms with Gasteiger partial charge in [0.25, 0.3) is 5.91 Å². The second-order valence-electron chi connectivity index (χ2n) is 5.04. The first kappa shape index (κ1) is 17.4. The Morgan fingerprint density at radius 3 is 2.22 bits per heavy atom. The zero-order valence-corrected chi connectivity index (χ0v) is 12.4. The topological polar surface area (TPSA) is 67.6 Å². The van der Waals surface area contributed by atoms with E-state index in [1.807, 2.05) is 0 Å². The molecule has 1 unspecified atom stereocenters. The Balaban J connectivity index is 5.00. The highest BCUT2D eigenvalue weighted by Crippen LogP contribution is 2.16. The molecule has 0 radical (unpaired) electrons. The zero-order valence-electron chi connectivity index (χ0n) is 12.4. The molecule has 0 spiro atoms. The summed E-state index contributed by atoms with van der Waals surface area (Å²) in [6.45, 7) is 9.83. The second kappa shape index (κ2) is 9.30. The van der Waals surface area contributed by atoms with Crippen molar-refractivity contribution in [1.29, 1.82) is 0 Å². The highest BCUT2D eigenvalue weighted by molar-refractivity contribution is 5.81. The molecule has 0 rings (SSSR count). The van der Waals surface area contributed by atoms with E-state index in [1.165, 1.54) is 0 Å². The lowest BCUT2D eigenvalue weighted by atomic mass is 10.0. The van der Waals surface area contributed by atoms with Gasteiger partial charge in [0.1, 0.15) is 6.04 Å². The molecule has 3 N–H and O–H groups in total. The molecule has 0 aromatic heterocycles. The number of hydrogen-bond donors (Lipinski definition) is 2. The summed E-state index contributed by atoms with van der Waals surface area (Å²) in [5, 5.41) is 0. The third-order valence-electron chi connectivity index (χ3n) is 3.16. The predicted octanol–water partition coefficient (Wildman–Crippen LogP) is 1.14. The fraction of sp³-hybridized carbons (Fsp3) is 0.923. The van der Waals surface area contributed by atoms with Crippen LogP contribution in [0.15, 0.2) is 0 Å². The Morgan fingerprint density at radius 1 is 1.33 bits per heavy atom. The van der Waals surface area contributed by atoms with Gasteiger partial charge < -0.3 is 4.74 Å². The van der Waals surface area contributed by atoms with Gasteiger partial charge >= 0.3 is 0 Å². The van der Waals surface area contributed by atoms with Gasteiger partial charge in [-0.1, -0.05) is 27.7 Å². The van der Waals surface area contributed by atoms with E-state index in [1.54, 1.807) is 7.11 Å². The van der Waals surface area contributed by atoms with E-state index in [2.05, 4.69) is 38.0 Å². The number of carbonyl (C=O) groups excluding carboxylic acids is 1. The monoisotopic (exact) mass is 259 g/mol. The summed E-state index contributed by atoms with van der Waals surface area (Å²) < 4.78 is 5.17. The molecular formula is C13H29N3O2. The van der Waals surface area contributed by atoms with Gasteiger partial charge in [0.15, 0.2) is 0 Å². The normalized spacial score (nSPS) is 13.4. The highest BCUT2D eigenvalue weighted by Gasteiger charge is 2.30. The maximum atomic E-state index is 11.9. The van der Waals surface area contributed by atoms with Gasteiger partial charge in [-0.2, -0.15) is 0 Å². The molecule has 0 fully saturated rings. The Hall–Kier alpha value is -0.650. The first-order valence-electron chi connectivity index (χ1n) is 6.76. The van der Waals surface area contributed by atoms with Gasteiger partial charge in [-0.15, -0.1) is 0 Å². The fourth-order valence-electron chi connectivity index (χ4n) is 2.29. The van der Waals surface area contributed by atoms with E-state index in [0.29, 0.717) is 18.6 Å². The third kappa shape index (κ3) is 5.33. The number of carbonyl (C=O) groups is 1. The molecule has 0 aromatic rings. The van der Waals surface area contributed by atoms with Crippen LogP contribution in [0.4, 0.5) is 0 Å². The molecular weight excluding hydrogens is 230 g/mol. The number of nitrogens with zero attached hydrogens (tertiary/aromatic N) is 1. The van der Waals surface area contributed by atoms with Crippen molar-refractivity contribution in [1.82, 2.24) is 10.3 Å². The number of methoxy groups -OCH3 is 1. The minimum Gasteiger partial charge on any atom is -0.383 e. The van der Waals surface area contributed by atoms with E-state index in [-0.39, 0.29) is 11.9 Å². The van der Waals surface area contributed by atoms with E-state index in [4.69, 9.17) is 10.6 Å². The lowest BCUT2D eigenvalue weighted by Gasteiger charge is -2.37. The van der Waals surface area contributed by atoms with E-state index in [0.717, 1.165) is 19.4 Å². The lowest BCUT2D eigenvalue weighted by molar-refractivity contribution is -0.130. The number of amides is 1. The Morgan fingerprint density at radius 2 is 1.89 bits per heavy atom. The molecule has 0 aliphatic carbocycles. The molecule has 1 amide bonds. The SMILES string of the molecule is CCC(CC)N(CC(C)C)C(COC)C(=O)NN. The fourth-order valence-corrected chi connectivity index (χ4v) is 2.29. The standard InChI is InChI=1S/C13H29N3O2/c1-6-11(7-2)16(8-10(3)4)12(9-18-5)13(17)15-14/h10-12H,6-9,14H2,1-5H3,(H,15,17). The van der Waals surface area contributed by atoms with Crippen molar-refractivity contribution in [2.24, 2.45) is 11.8 Å². The average Bonchev–Trinajstić information content (AvgIpc) is 2.35. The Kier molecular flexibility index (Phi) is 8.97. The molecule has 0 saturated carbocycles. The number of hydrogen-bond acceptors (Lipinski definition) is 4. The molecule has 5 heteroatoms. The van der Waals surface area contributed by atoms with Crippen LogP contribution >= 0.6 is 0 Å². The van der Waals surface area contributed by atoms with Crippen LogP contribution in [0, 0.1) is 5.92 Å². The van der Waals surface area contributed by atoms with Crippen molar-refractivity contribution >= 4 is 5.91 Å². The minimum absolute atomic E-state index is 0.176. The third-order valence-corrected chi connectivity index (χ3v) is 3.16. The molecule has 0 bridgehead atoms. The van der Waals surface area contributed by atoms with Crippen LogP contribution in [0.1, 0.15) is 40.5 Å². The van der Waals surface area contributed by atoms with Gasteiger partial charge in [-0.3, -0.25) is 15.1 Å². The molecule has 0 aliphatic heterocycles. The van der Waals surface area contributed by atoms with Gasteiger partial charge in [0.05, 0.1) is 6.61 Å². The summed E-state index contributed by atoms with van der Waals surface area (Å²) in [5.74, 6) is 5.59. The smallest absolute Gasteiger partial charge is 0.253 e. The van der Waals surface area contributed by atoms with Gasteiger partial charge in [-0.25, -0.2) is 5.84 Å². The molecule has 0 saturated heterocycles. The van der Waals surface area contributed by atoms with E-state index >= 15 is 0 Å². The maximum Gasteiger partial charge on any atom is 0.253 e. The lowest BCUT2D eigenvalue weighted by Crippen LogP contribution is -2.55. The molecule has 0 aromatic carbocycles. The molecule has 0 heterocycles. The summed E-state index contributed by atoms with van der Waals surface area (Å²) >= 11 is 0. The van der Waals surface area contributed by atoms with Crippen LogP contribution in [0.25, 0.3) is 0 Å². The quantitative estimate of drug-likeness (QED) is 0.370. The van der Waals surface area contributed by atoms with E-state index in [9.17, 15) is 4.79 Å². The van der Waals surface area contributed by atoms with Crippen molar-refractivity contribution in [3.63, 3.8) is 0 Å². The van der Waals surface area contributed by atoms with Crippen LogP contribution in [-0.4, -0.2) is 43.2 Å². The van der Waals surface area contributed by atoms with Crippen LogP contribution in [0.5, 0.6) is 0 Å². The van der Waals surface area contributed by atoms with Gasteiger partial charge in [0, 0.05) is 19.7 Å². The molecule has 108 valence electrons. The first-order valence-corrected chi connectivity index (χ1v) is 6.76. The number of nitrogens with two attached hydrogens (primary N) is 1. The van der Waals surface area contributed by atoms with Crippen molar-refractivity contribution in [3.05, 3.63) is 0 Å². The van der Waals surface area contributed by atoms with Crippen molar-refractivity contribution in [2.75, 3.05) is 20.3 Å². The Labute approximate surface area is 111 Å². The largest absolute Gasteiger partial charge is 0.383 e. The molecule has 1 atom stereocenters. The van der Waals surface area contributed by atoms with Crippen molar-refractivity contribution < 1.29 is 9.53 Å². The molecule has 0 aliphatic rings. The van der Waals surface area contributed by atoms with Crippen LogP contribution in [-0.2, 0) is 9.53 Å². The van der Waals surface area contributed by atoms with Gasteiger partial charge in [-0.05, 0) is 18.8 Å². The van der Waals surface area contributed by atoms with Crippen molar-refractivity contribution in [2.45, 2.75) is 52.6 Å². The summed E-state index contributed by atoms with van der Waals surface area (Å²) in [6.07, 6.45) is 2.03. The predicted molar refractivity (Wildman–Crippen MR) is 73.9 cm³/mol. The maximum absolute atomic E-state index is 11.9. The number of nitrogens with one attached hydrogen (secondary N) is 1. The number of hydrazine groups is 1. The molecule has 18 heavy (non-hydrogen) atoms.